The minimum Gasteiger partial charge on any atom is -0.479 e. The maximum Gasteiger partial charge on any atom is 0.335 e. The van der Waals surface area contributed by atoms with Crippen LogP contribution >= 0.6 is 0 Å². The van der Waals surface area contributed by atoms with Crippen molar-refractivity contribution in [1.82, 2.24) is 5.48 Å². The summed E-state index contributed by atoms with van der Waals surface area (Å²) in [6.45, 7) is 5.65. The zero-order valence-corrected chi connectivity index (χ0v) is 11.3. The van der Waals surface area contributed by atoms with Crippen LogP contribution in [0.15, 0.2) is 24.3 Å². The van der Waals surface area contributed by atoms with E-state index >= 15 is 0 Å². The Bertz CT molecular complexity index is 457. The number of hydrogen-bond acceptors (Lipinski definition) is 3. The number of carboxylic acid groups (broad SMARTS) is 1. The van der Waals surface area contributed by atoms with Crippen molar-refractivity contribution in [2.24, 2.45) is 5.92 Å². The van der Waals surface area contributed by atoms with Crippen LogP contribution in [0.2, 0.25) is 0 Å². The van der Waals surface area contributed by atoms with Crippen molar-refractivity contribution in [3.63, 3.8) is 0 Å². The van der Waals surface area contributed by atoms with E-state index < -0.39 is 18.0 Å². The van der Waals surface area contributed by atoms with Gasteiger partial charge in [0.1, 0.15) is 0 Å². The van der Waals surface area contributed by atoms with Gasteiger partial charge < -0.3 is 5.11 Å². The van der Waals surface area contributed by atoms with Gasteiger partial charge >= 0.3 is 5.97 Å². The molecule has 104 valence electrons. The summed E-state index contributed by atoms with van der Waals surface area (Å²) in [6.07, 6.45) is -0.697. The minimum absolute atomic E-state index is 0.164. The summed E-state index contributed by atoms with van der Waals surface area (Å²) < 4.78 is 0. The molecule has 0 saturated carbocycles. The van der Waals surface area contributed by atoms with E-state index in [9.17, 15) is 9.59 Å². The van der Waals surface area contributed by atoms with Crippen LogP contribution in [0.5, 0.6) is 0 Å². The number of carboxylic acids is 1. The van der Waals surface area contributed by atoms with Gasteiger partial charge in [0.15, 0.2) is 6.10 Å². The van der Waals surface area contributed by atoms with Gasteiger partial charge in [-0.15, -0.1) is 0 Å². The first kappa shape index (κ1) is 15.2. The van der Waals surface area contributed by atoms with Gasteiger partial charge in [-0.2, -0.15) is 0 Å². The second kappa shape index (κ2) is 6.89. The molecule has 5 nitrogen and oxygen atoms in total. The first-order valence-corrected chi connectivity index (χ1v) is 6.15. The van der Waals surface area contributed by atoms with E-state index in [1.54, 1.807) is 18.2 Å². The summed E-state index contributed by atoms with van der Waals surface area (Å²) in [4.78, 5) is 27.7. The van der Waals surface area contributed by atoms with E-state index in [0.717, 1.165) is 5.56 Å². The molecule has 1 amide bonds. The molecule has 0 spiro atoms. The van der Waals surface area contributed by atoms with Gasteiger partial charge in [0, 0.05) is 5.56 Å². The molecule has 1 aromatic carbocycles. The molecule has 0 aliphatic rings. The molecule has 0 radical (unpaired) electrons. The van der Waals surface area contributed by atoms with Crippen molar-refractivity contribution in [3.8, 4) is 0 Å². The summed E-state index contributed by atoms with van der Waals surface area (Å²) in [5.41, 5.74) is 3.58. The number of aryl methyl sites for hydroxylation is 1. The number of carbonyl (C=O) groups is 2. The van der Waals surface area contributed by atoms with Gasteiger partial charge in [0.05, 0.1) is 0 Å². The molecule has 1 atom stereocenters. The number of hydroxylamine groups is 1. The van der Waals surface area contributed by atoms with Crippen molar-refractivity contribution >= 4 is 11.9 Å². The number of amides is 1. The van der Waals surface area contributed by atoms with Crippen LogP contribution in [-0.4, -0.2) is 23.1 Å². The molecule has 0 aromatic heterocycles. The SMILES string of the molecule is Cc1cccc(C(=O)NOC(CC(C)C)C(=O)O)c1. The third-order valence-electron chi connectivity index (χ3n) is 2.54. The van der Waals surface area contributed by atoms with Gasteiger partial charge in [-0.25, -0.2) is 10.3 Å². The molecule has 0 aliphatic carbocycles. The highest BCUT2D eigenvalue weighted by Gasteiger charge is 2.21. The van der Waals surface area contributed by atoms with Gasteiger partial charge in [-0.05, 0) is 31.4 Å². The summed E-state index contributed by atoms with van der Waals surface area (Å²) >= 11 is 0. The Kier molecular flexibility index (Phi) is 5.51. The number of aliphatic carboxylic acids is 1. The Morgan fingerprint density at radius 2 is 2.05 bits per heavy atom. The fourth-order valence-corrected chi connectivity index (χ4v) is 1.60. The molecule has 0 heterocycles. The highest BCUT2D eigenvalue weighted by atomic mass is 16.7. The molecule has 0 saturated heterocycles. The normalized spacial score (nSPS) is 12.2. The van der Waals surface area contributed by atoms with Crippen LogP contribution < -0.4 is 5.48 Å². The number of rotatable bonds is 6. The molecule has 1 unspecified atom stereocenters. The number of hydrogen-bond donors (Lipinski definition) is 2. The Labute approximate surface area is 112 Å². The second-order valence-corrected chi connectivity index (χ2v) is 4.87. The molecular formula is C14H19NO4. The van der Waals surface area contributed by atoms with Crippen molar-refractivity contribution in [2.75, 3.05) is 0 Å². The van der Waals surface area contributed by atoms with E-state index in [-0.39, 0.29) is 5.92 Å². The smallest absolute Gasteiger partial charge is 0.335 e. The first-order valence-electron chi connectivity index (χ1n) is 6.15. The zero-order valence-electron chi connectivity index (χ0n) is 11.3. The third-order valence-corrected chi connectivity index (χ3v) is 2.54. The maximum absolute atomic E-state index is 11.8. The summed E-state index contributed by atoms with van der Waals surface area (Å²) in [7, 11) is 0. The predicted octanol–water partition coefficient (Wildman–Crippen LogP) is 2.16. The predicted molar refractivity (Wildman–Crippen MR) is 70.6 cm³/mol. The molecule has 1 aromatic rings. The zero-order chi connectivity index (χ0) is 14.4. The van der Waals surface area contributed by atoms with E-state index in [0.29, 0.717) is 12.0 Å². The quantitative estimate of drug-likeness (QED) is 0.773. The van der Waals surface area contributed by atoms with Crippen LogP contribution in [0.4, 0.5) is 0 Å². The summed E-state index contributed by atoms with van der Waals surface area (Å²) in [5.74, 6) is -1.37. The van der Waals surface area contributed by atoms with Gasteiger partial charge in [-0.1, -0.05) is 31.5 Å². The molecule has 19 heavy (non-hydrogen) atoms. The Balaban J connectivity index is 2.59. The second-order valence-electron chi connectivity index (χ2n) is 4.87. The summed E-state index contributed by atoms with van der Waals surface area (Å²) in [5, 5.41) is 8.97. The lowest BCUT2D eigenvalue weighted by atomic mass is 10.1. The van der Waals surface area contributed by atoms with E-state index in [1.165, 1.54) is 0 Å². The minimum atomic E-state index is -1.08. The van der Waals surface area contributed by atoms with Crippen LogP contribution in [0.1, 0.15) is 36.2 Å². The average Bonchev–Trinajstić information content (AvgIpc) is 2.33. The Morgan fingerprint density at radius 1 is 1.37 bits per heavy atom. The fraction of sp³-hybridized carbons (Fsp3) is 0.429. The topological polar surface area (TPSA) is 75.6 Å². The monoisotopic (exact) mass is 265 g/mol. The molecule has 5 heteroatoms. The highest BCUT2D eigenvalue weighted by Crippen LogP contribution is 2.08. The van der Waals surface area contributed by atoms with Crippen LogP contribution in [-0.2, 0) is 9.63 Å². The van der Waals surface area contributed by atoms with E-state index in [4.69, 9.17) is 9.94 Å². The highest BCUT2D eigenvalue weighted by molar-refractivity contribution is 5.93. The Morgan fingerprint density at radius 3 is 2.58 bits per heavy atom. The van der Waals surface area contributed by atoms with E-state index in [2.05, 4.69) is 5.48 Å². The molecule has 1 rings (SSSR count). The van der Waals surface area contributed by atoms with Crippen molar-refractivity contribution < 1.29 is 19.5 Å². The third kappa shape index (κ3) is 5.09. The number of nitrogens with one attached hydrogen (secondary N) is 1. The van der Waals surface area contributed by atoms with E-state index in [1.807, 2.05) is 26.8 Å². The van der Waals surface area contributed by atoms with Crippen molar-refractivity contribution in [2.45, 2.75) is 33.3 Å². The van der Waals surface area contributed by atoms with Crippen molar-refractivity contribution in [1.29, 1.82) is 0 Å². The molecule has 0 bridgehead atoms. The average molecular weight is 265 g/mol. The Hall–Kier alpha value is -1.88. The number of carbonyl (C=O) groups excluding carboxylic acids is 1. The van der Waals surface area contributed by atoms with Gasteiger partial charge in [-0.3, -0.25) is 9.63 Å². The molecule has 0 aliphatic heterocycles. The molecule has 2 N–H and O–H groups in total. The standard InChI is InChI=1S/C14H19NO4/c1-9(2)7-12(14(17)18)19-15-13(16)11-6-4-5-10(3)8-11/h4-6,8-9,12H,7H2,1-3H3,(H,15,16)(H,17,18). The fourth-order valence-electron chi connectivity index (χ4n) is 1.60. The van der Waals surface area contributed by atoms with Gasteiger partial charge in [0.2, 0.25) is 0 Å². The van der Waals surface area contributed by atoms with Crippen LogP contribution in [0.3, 0.4) is 0 Å². The lowest BCUT2D eigenvalue weighted by molar-refractivity contribution is -0.155. The first-order chi connectivity index (χ1) is 8.90. The lowest BCUT2D eigenvalue weighted by Gasteiger charge is -2.15. The largest absolute Gasteiger partial charge is 0.479 e. The van der Waals surface area contributed by atoms with Crippen LogP contribution in [0.25, 0.3) is 0 Å². The number of benzene rings is 1. The molecule has 0 fully saturated rings. The van der Waals surface area contributed by atoms with Crippen LogP contribution in [0, 0.1) is 12.8 Å². The maximum atomic E-state index is 11.8. The van der Waals surface area contributed by atoms with Gasteiger partial charge in [0.25, 0.3) is 5.91 Å². The lowest BCUT2D eigenvalue weighted by Crippen LogP contribution is -2.35. The molecular weight excluding hydrogens is 246 g/mol. The van der Waals surface area contributed by atoms with Crippen molar-refractivity contribution in [3.05, 3.63) is 35.4 Å². The summed E-state index contributed by atoms with van der Waals surface area (Å²) in [6, 6.07) is 6.98.